The molecule has 0 aliphatic carbocycles. The summed E-state index contributed by atoms with van der Waals surface area (Å²) in [4.78, 5) is 36.8. The second-order valence-corrected chi connectivity index (χ2v) is 14.9. The van der Waals surface area contributed by atoms with Gasteiger partial charge in [0.05, 0.1) is 34.4 Å². The van der Waals surface area contributed by atoms with Crippen LogP contribution in [0.3, 0.4) is 0 Å². The van der Waals surface area contributed by atoms with E-state index in [9.17, 15) is 19.5 Å². The van der Waals surface area contributed by atoms with E-state index in [1.165, 1.54) is 70.6 Å². The fourth-order valence-corrected chi connectivity index (χ4v) is 5.95. The maximum Gasteiger partial charge on any atom is 0.362 e. The number of likely N-dealkylation sites (N-methyl/N-ethyl adjacent to an activating group) is 1. The lowest BCUT2D eigenvalue weighted by Crippen LogP contribution is -2.50. The molecule has 0 aromatic heterocycles. The summed E-state index contributed by atoms with van der Waals surface area (Å²) in [5.74, 6) is -1.48. The highest BCUT2D eigenvalue weighted by atomic mass is 16.6. The van der Waals surface area contributed by atoms with E-state index < -0.39 is 18.1 Å². The van der Waals surface area contributed by atoms with Gasteiger partial charge >= 0.3 is 17.9 Å². The lowest BCUT2D eigenvalue weighted by Gasteiger charge is -2.31. The minimum absolute atomic E-state index is 0.0548. The van der Waals surface area contributed by atoms with Crippen molar-refractivity contribution in [3.63, 3.8) is 0 Å². The Kier molecular flexibility index (Phi) is 32.4. The number of ether oxygens (including phenoxy) is 3. The van der Waals surface area contributed by atoms with Gasteiger partial charge in [-0.25, -0.2) is 4.79 Å². The molecule has 292 valence electrons. The Morgan fingerprint density at radius 2 is 1.12 bits per heavy atom. The van der Waals surface area contributed by atoms with Gasteiger partial charge in [-0.3, -0.25) is 9.59 Å². The summed E-state index contributed by atoms with van der Waals surface area (Å²) < 4.78 is 17.2. The van der Waals surface area contributed by atoms with Crippen molar-refractivity contribution in [3.8, 4) is 0 Å². The maximum atomic E-state index is 12.7. The fraction of sp³-hybridized carbons (Fsp3) is 0.833. The van der Waals surface area contributed by atoms with Crippen molar-refractivity contribution >= 4 is 17.9 Å². The molecule has 0 aliphatic rings. The molecule has 0 aromatic carbocycles. The van der Waals surface area contributed by atoms with Gasteiger partial charge in [0.2, 0.25) is 0 Å². The first-order valence-electron chi connectivity index (χ1n) is 20.4. The van der Waals surface area contributed by atoms with Crippen molar-refractivity contribution in [2.45, 2.75) is 187 Å². The Hall–Kier alpha value is -2.19. The van der Waals surface area contributed by atoms with E-state index in [0.29, 0.717) is 19.3 Å². The van der Waals surface area contributed by atoms with Crippen molar-refractivity contribution in [3.05, 3.63) is 24.3 Å². The van der Waals surface area contributed by atoms with E-state index in [0.717, 1.165) is 70.6 Å². The van der Waals surface area contributed by atoms with Gasteiger partial charge in [0.1, 0.15) is 6.61 Å². The Bertz CT molecular complexity index is 880. The highest BCUT2D eigenvalue weighted by molar-refractivity contribution is 5.72. The Morgan fingerprint density at radius 1 is 0.620 bits per heavy atom. The molecule has 8 nitrogen and oxygen atoms in total. The van der Waals surface area contributed by atoms with Crippen molar-refractivity contribution < 1.29 is 38.2 Å². The minimum atomic E-state index is -0.876. The Labute approximate surface area is 307 Å². The Morgan fingerprint density at radius 3 is 1.64 bits per heavy atom. The third kappa shape index (κ3) is 31.8. The summed E-state index contributed by atoms with van der Waals surface area (Å²) in [6.45, 7) is 4.61. The second kappa shape index (κ2) is 33.9. The first-order valence-corrected chi connectivity index (χ1v) is 20.4. The predicted molar refractivity (Wildman–Crippen MR) is 206 cm³/mol. The molecule has 0 spiro atoms. The number of hydrogen-bond donors (Lipinski definition) is 1. The first kappa shape index (κ1) is 47.8. The molecular weight excluding hydrogens is 630 g/mol. The Balaban J connectivity index is 4.39. The minimum Gasteiger partial charge on any atom is -0.477 e. The van der Waals surface area contributed by atoms with Crippen molar-refractivity contribution in [1.29, 1.82) is 0 Å². The number of carboxylic acids is 1. The molecule has 0 saturated carbocycles. The number of carbonyl (C=O) groups is 3. The molecule has 0 heterocycles. The molecule has 1 N–H and O–H groups in total. The van der Waals surface area contributed by atoms with E-state index in [2.05, 4.69) is 38.2 Å². The van der Waals surface area contributed by atoms with Crippen molar-refractivity contribution in [2.75, 3.05) is 41.0 Å². The standard InChI is InChI=1S/C42H77NO7/c1-6-8-10-12-14-16-18-20-21-23-25-27-29-31-33-41(45)50-38(36-48-35-34-39(42(46)47)43(3,4)5)37-49-40(44)32-30-28-26-24-22-19-17-15-13-11-9-7-2/h9,11,15,17,38-39H,6-8,10,12-14,16,18-37H2,1-5H3/p+1/b11-9+,17-15+. The zero-order chi connectivity index (χ0) is 37.1. The van der Waals surface area contributed by atoms with Gasteiger partial charge in [-0.2, -0.15) is 0 Å². The monoisotopic (exact) mass is 709 g/mol. The number of quaternary nitrogens is 1. The zero-order valence-electron chi connectivity index (χ0n) is 33.1. The van der Waals surface area contributed by atoms with Crippen LogP contribution < -0.4 is 0 Å². The lowest BCUT2D eigenvalue weighted by molar-refractivity contribution is -0.887. The summed E-state index contributed by atoms with van der Waals surface area (Å²) in [7, 11) is 5.52. The summed E-state index contributed by atoms with van der Waals surface area (Å²) in [5, 5.41) is 9.59. The second-order valence-electron chi connectivity index (χ2n) is 14.9. The number of nitrogens with zero attached hydrogens (tertiary/aromatic N) is 1. The van der Waals surface area contributed by atoms with Crippen LogP contribution in [0.25, 0.3) is 0 Å². The van der Waals surface area contributed by atoms with Crippen molar-refractivity contribution in [2.24, 2.45) is 0 Å². The molecule has 0 saturated heterocycles. The molecule has 0 fully saturated rings. The molecule has 50 heavy (non-hydrogen) atoms. The van der Waals surface area contributed by atoms with Crippen LogP contribution in [0.15, 0.2) is 24.3 Å². The molecule has 2 unspecified atom stereocenters. The van der Waals surface area contributed by atoms with Crippen LogP contribution in [0.5, 0.6) is 0 Å². The quantitative estimate of drug-likeness (QED) is 0.0299. The third-order valence-electron chi connectivity index (χ3n) is 9.12. The molecule has 0 rings (SSSR count). The average Bonchev–Trinajstić information content (AvgIpc) is 3.06. The smallest absolute Gasteiger partial charge is 0.362 e. The van der Waals surface area contributed by atoms with E-state index in [-0.39, 0.29) is 36.2 Å². The van der Waals surface area contributed by atoms with E-state index in [1.807, 2.05) is 21.1 Å². The van der Waals surface area contributed by atoms with E-state index in [4.69, 9.17) is 14.2 Å². The largest absolute Gasteiger partial charge is 0.477 e. The summed E-state index contributed by atoms with van der Waals surface area (Å²) in [5.41, 5.74) is 0. The normalized spacial score (nSPS) is 13.2. The van der Waals surface area contributed by atoms with Gasteiger partial charge < -0.3 is 23.8 Å². The molecule has 8 heteroatoms. The van der Waals surface area contributed by atoms with E-state index >= 15 is 0 Å². The summed E-state index contributed by atoms with van der Waals surface area (Å²) >= 11 is 0. The van der Waals surface area contributed by atoms with Crippen LogP contribution in [0.2, 0.25) is 0 Å². The van der Waals surface area contributed by atoms with E-state index in [1.54, 1.807) is 0 Å². The van der Waals surface area contributed by atoms with Crippen LogP contribution in [0, 0.1) is 0 Å². The third-order valence-corrected chi connectivity index (χ3v) is 9.12. The van der Waals surface area contributed by atoms with Crippen LogP contribution in [-0.4, -0.2) is 80.6 Å². The van der Waals surface area contributed by atoms with Gasteiger partial charge in [0.15, 0.2) is 12.1 Å². The van der Waals surface area contributed by atoms with Gasteiger partial charge in [-0.1, -0.05) is 141 Å². The SMILES string of the molecule is CC/C=C/C/C=C/CCCCCCCC(=O)OCC(COCCC(C(=O)O)[N+](C)(C)C)OC(=O)CCCCCCCCCCCCCCCC. The molecule has 2 atom stereocenters. The number of aliphatic carboxylic acids is 1. The number of allylic oxidation sites excluding steroid dienone is 4. The van der Waals surface area contributed by atoms with Crippen LogP contribution >= 0.6 is 0 Å². The fourth-order valence-electron chi connectivity index (χ4n) is 5.95. The molecule has 0 aromatic rings. The number of unbranched alkanes of at least 4 members (excludes halogenated alkanes) is 18. The summed E-state index contributed by atoms with van der Waals surface area (Å²) in [6, 6.07) is -0.612. The number of carbonyl (C=O) groups excluding carboxylic acids is 2. The van der Waals surface area contributed by atoms with Crippen molar-refractivity contribution in [1.82, 2.24) is 0 Å². The van der Waals surface area contributed by atoms with Gasteiger partial charge in [-0.15, -0.1) is 0 Å². The summed E-state index contributed by atoms with van der Waals surface area (Å²) in [6.07, 6.45) is 35.0. The molecule has 0 aliphatic heterocycles. The number of rotatable bonds is 36. The van der Waals surface area contributed by atoms with Crippen LogP contribution in [-0.2, 0) is 28.6 Å². The first-order chi connectivity index (χ1) is 24.1. The zero-order valence-corrected chi connectivity index (χ0v) is 33.1. The topological polar surface area (TPSA) is 99.1 Å². The highest BCUT2D eigenvalue weighted by Crippen LogP contribution is 2.15. The molecular formula is C42H78NO7+. The lowest BCUT2D eigenvalue weighted by atomic mass is 10.0. The average molecular weight is 709 g/mol. The van der Waals surface area contributed by atoms with Gasteiger partial charge in [0, 0.05) is 19.3 Å². The number of carboxylic acid groups (broad SMARTS) is 1. The molecule has 0 radical (unpaired) electrons. The molecule has 0 amide bonds. The predicted octanol–water partition coefficient (Wildman–Crippen LogP) is 10.5. The number of esters is 2. The highest BCUT2D eigenvalue weighted by Gasteiger charge is 2.31. The van der Waals surface area contributed by atoms with Crippen LogP contribution in [0.1, 0.15) is 174 Å². The number of hydrogen-bond acceptors (Lipinski definition) is 6. The van der Waals surface area contributed by atoms with Gasteiger partial charge in [0.25, 0.3) is 0 Å². The maximum absolute atomic E-state index is 12.7. The van der Waals surface area contributed by atoms with Gasteiger partial charge in [-0.05, 0) is 38.5 Å². The molecule has 0 bridgehead atoms. The van der Waals surface area contributed by atoms with Crippen LogP contribution in [0.4, 0.5) is 0 Å².